The van der Waals surface area contributed by atoms with Gasteiger partial charge in [0.05, 0.1) is 42.7 Å². The number of hydrogen-bond acceptors (Lipinski definition) is 6. The minimum absolute atomic E-state index is 0. The fourth-order valence-electron chi connectivity index (χ4n) is 6.17. The summed E-state index contributed by atoms with van der Waals surface area (Å²) in [6.45, 7) is 8.79. The molecule has 236 valence electrons. The zero-order chi connectivity index (χ0) is 29.2. The van der Waals surface area contributed by atoms with Gasteiger partial charge in [0.1, 0.15) is 0 Å². The Morgan fingerprint density at radius 2 is 0.818 bits per heavy atom. The number of ether oxygens (including phenoxy) is 6. The molecule has 11 heteroatoms. The number of hydrogen-bond donors (Lipinski definition) is 0. The predicted molar refractivity (Wildman–Crippen MR) is 164 cm³/mol. The summed E-state index contributed by atoms with van der Waals surface area (Å²) in [5.41, 5.74) is 4.97. The van der Waals surface area contributed by atoms with Gasteiger partial charge < -0.3 is 65.6 Å². The van der Waals surface area contributed by atoms with E-state index in [1.165, 1.54) is 27.4 Å². The topological polar surface area (TPSA) is 55.4 Å². The third kappa shape index (κ3) is 6.46. The van der Waals surface area contributed by atoms with Crippen LogP contribution in [0.1, 0.15) is 22.3 Å². The maximum atomic E-state index is 6.18. The minimum atomic E-state index is -3.35. The molecule has 0 atom stereocenters. The van der Waals surface area contributed by atoms with E-state index in [1.807, 2.05) is 36.4 Å². The molecule has 0 N–H and O–H groups in total. The quantitative estimate of drug-likeness (QED) is 0.0935. The molecule has 0 amide bonds. The van der Waals surface area contributed by atoms with Gasteiger partial charge in [0.25, 0.3) is 0 Å². The first-order valence-corrected chi connectivity index (χ1v) is 15.2. The Balaban J connectivity index is 0.00000462. The minimum Gasteiger partial charge on any atom is -1.00 e. The molecule has 0 aliphatic heterocycles. The van der Waals surface area contributed by atoms with E-state index in [0.717, 1.165) is 15.6 Å². The Hall–Kier alpha value is -2.39. The Labute approximate surface area is 296 Å². The summed E-state index contributed by atoms with van der Waals surface area (Å²) in [6, 6.07) is 18.3. The van der Waals surface area contributed by atoms with E-state index in [4.69, 9.17) is 28.4 Å². The first kappa shape index (κ1) is 41.6. The van der Waals surface area contributed by atoms with E-state index < -0.39 is 8.07 Å². The average Bonchev–Trinajstić information content (AvgIpc) is 3.19. The average molecular weight is 714 g/mol. The fraction of sp³-hybridized carbons (Fsp3) is 0.303. The van der Waals surface area contributed by atoms with Crippen LogP contribution in [0.25, 0.3) is 0 Å². The van der Waals surface area contributed by atoms with Gasteiger partial charge in [0, 0.05) is 0 Å². The summed E-state index contributed by atoms with van der Waals surface area (Å²) in [7, 11) is 6.70. The van der Waals surface area contributed by atoms with E-state index in [2.05, 4.69) is 45.9 Å². The van der Waals surface area contributed by atoms with Crippen molar-refractivity contribution < 1.29 is 87.4 Å². The molecule has 0 radical (unpaired) electrons. The summed E-state index contributed by atoms with van der Waals surface area (Å²) in [4.78, 5) is 0. The zero-order valence-electron chi connectivity index (χ0n) is 26.8. The van der Waals surface area contributed by atoms with Crippen LogP contribution in [0.4, 0.5) is 0 Å². The van der Waals surface area contributed by atoms with Crippen LogP contribution in [0, 0.1) is 27.7 Å². The summed E-state index contributed by atoms with van der Waals surface area (Å²) in [5, 5.41) is 4.25. The zero-order valence-corrected chi connectivity index (χ0v) is 31.6. The van der Waals surface area contributed by atoms with Crippen molar-refractivity contribution in [1.29, 1.82) is 0 Å². The van der Waals surface area contributed by atoms with Crippen molar-refractivity contribution in [3.05, 3.63) is 76.9 Å². The molecule has 0 saturated heterocycles. The fourth-order valence-corrected chi connectivity index (χ4v) is 12.1. The molecular weight excluding hydrogens is 675 g/mol. The molecular formula is C33H39Cl3O6SiTi. The van der Waals surface area contributed by atoms with Crippen LogP contribution in [0.15, 0.2) is 54.6 Å². The van der Waals surface area contributed by atoms with Crippen LogP contribution >= 0.6 is 0 Å². The van der Waals surface area contributed by atoms with Crippen LogP contribution in [0.5, 0.6) is 34.5 Å². The third-order valence-electron chi connectivity index (χ3n) is 8.23. The summed E-state index contributed by atoms with van der Waals surface area (Å²) in [6.07, 6.45) is 0. The van der Waals surface area contributed by atoms with Crippen LogP contribution in [-0.2, 0) is 21.7 Å². The van der Waals surface area contributed by atoms with Gasteiger partial charge >= 0.3 is 21.7 Å². The molecule has 0 aliphatic rings. The Kier molecular flexibility index (Phi) is 16.4. The summed E-state index contributed by atoms with van der Waals surface area (Å²) in [5.74, 6) is 3.95. The monoisotopic (exact) mass is 712 g/mol. The molecule has 44 heavy (non-hydrogen) atoms. The second-order valence-electron chi connectivity index (χ2n) is 9.75. The summed E-state index contributed by atoms with van der Waals surface area (Å²) >= 11 is 0. The van der Waals surface area contributed by atoms with E-state index in [-0.39, 0.29) is 58.9 Å². The molecule has 6 nitrogen and oxygen atoms in total. The number of methoxy groups -OCH3 is 6. The second kappa shape index (κ2) is 17.3. The van der Waals surface area contributed by atoms with Crippen LogP contribution in [-0.4, -0.2) is 50.7 Å². The second-order valence-corrected chi connectivity index (χ2v) is 13.4. The number of rotatable bonds is 10. The van der Waals surface area contributed by atoms with E-state index in [1.54, 1.807) is 42.7 Å². The Morgan fingerprint density at radius 1 is 0.500 bits per heavy atom. The van der Waals surface area contributed by atoms with Gasteiger partial charge in [-0.25, -0.2) is 0 Å². The molecule has 0 bridgehead atoms. The number of benzene rings is 3. The van der Waals surface area contributed by atoms with Crippen molar-refractivity contribution in [3.8, 4) is 34.5 Å². The molecule has 0 saturated carbocycles. The maximum absolute atomic E-state index is 6.18. The SMILES string of the molecule is COc1cccc([Si](c2cccc(OC)c2OC)(c2cccc(OC)c2OC)c2c(C)c(C)c(C)[c-]2C)c1OC.[Cl-].[Cl-].[Cl-].[Ti+4]. The van der Waals surface area contributed by atoms with Crippen molar-refractivity contribution in [2.45, 2.75) is 27.7 Å². The first-order valence-electron chi connectivity index (χ1n) is 13.2. The summed E-state index contributed by atoms with van der Waals surface area (Å²) < 4.78 is 36.1. The van der Waals surface area contributed by atoms with Crippen molar-refractivity contribution in [2.75, 3.05) is 42.7 Å². The van der Waals surface area contributed by atoms with Crippen molar-refractivity contribution >= 4 is 28.8 Å². The van der Waals surface area contributed by atoms with Gasteiger partial charge in [-0.3, -0.25) is 0 Å². The van der Waals surface area contributed by atoms with E-state index in [0.29, 0.717) is 34.5 Å². The molecule has 4 rings (SSSR count). The van der Waals surface area contributed by atoms with Gasteiger partial charge in [0.2, 0.25) is 0 Å². The maximum Gasteiger partial charge on any atom is 4.00 e. The Morgan fingerprint density at radius 3 is 1.05 bits per heavy atom. The van der Waals surface area contributed by atoms with E-state index >= 15 is 0 Å². The van der Waals surface area contributed by atoms with Gasteiger partial charge in [0.15, 0.2) is 42.6 Å². The van der Waals surface area contributed by atoms with Gasteiger partial charge in [-0.1, -0.05) is 64.1 Å². The molecule has 0 unspecified atom stereocenters. The number of halogens is 3. The van der Waals surface area contributed by atoms with Crippen molar-refractivity contribution in [2.24, 2.45) is 0 Å². The molecule has 0 heterocycles. The van der Waals surface area contributed by atoms with Gasteiger partial charge in [-0.05, 0) is 33.8 Å². The van der Waals surface area contributed by atoms with E-state index in [9.17, 15) is 0 Å². The molecule has 0 spiro atoms. The van der Waals surface area contributed by atoms with Gasteiger partial charge in [-0.2, -0.15) is 27.4 Å². The molecule has 0 fully saturated rings. The molecule has 0 aliphatic carbocycles. The normalized spacial score (nSPS) is 10.2. The Bertz CT molecular complexity index is 1380. The van der Waals surface area contributed by atoms with Crippen LogP contribution < -0.4 is 86.4 Å². The first-order chi connectivity index (χ1) is 19.3. The van der Waals surface area contributed by atoms with Crippen LogP contribution in [0.3, 0.4) is 0 Å². The van der Waals surface area contributed by atoms with Crippen molar-refractivity contribution in [1.82, 2.24) is 0 Å². The third-order valence-corrected chi connectivity index (χ3v) is 13.3. The molecule has 4 aromatic carbocycles. The number of para-hydroxylation sites is 3. The largest absolute Gasteiger partial charge is 4.00 e. The molecule has 0 aromatic heterocycles. The molecule has 4 aromatic rings. The smallest absolute Gasteiger partial charge is 1.00 e. The standard InChI is InChI=1S/C33H39O6Si.3ClH.Ti/c1-20-21(2)23(4)33(22(20)3)40(27-17-11-14-24(34-5)30(27)37-8,28-18-12-15-25(35-6)31(28)38-9)29-19-13-16-26(36-7)32(29)39-10;;;;/h11-19H,1-10H3;3*1H;/q-1;;;;+4/p-3. The van der Waals surface area contributed by atoms with Crippen molar-refractivity contribution in [3.63, 3.8) is 0 Å². The van der Waals surface area contributed by atoms with Gasteiger partial charge in [-0.15, -0.1) is 0 Å². The predicted octanol–water partition coefficient (Wildman–Crippen LogP) is -4.92. The van der Waals surface area contributed by atoms with Crippen LogP contribution in [0.2, 0.25) is 0 Å².